The predicted octanol–water partition coefficient (Wildman–Crippen LogP) is 3.10. The third kappa shape index (κ3) is 3.43. The molecule has 0 amide bonds. The second-order valence-corrected chi connectivity index (χ2v) is 3.79. The van der Waals surface area contributed by atoms with Crippen molar-refractivity contribution < 1.29 is 4.79 Å². The van der Waals surface area contributed by atoms with Crippen LogP contribution in [0.5, 0.6) is 0 Å². The van der Waals surface area contributed by atoms with E-state index in [9.17, 15) is 4.79 Å². The zero-order chi connectivity index (χ0) is 12.0. The number of Topliss-reactive ketones (excluding diaryl/α,β-unsaturated/α-hetero) is 1. The Labute approximate surface area is 97.1 Å². The number of terminal acetylenes is 1. The van der Waals surface area contributed by atoms with E-state index >= 15 is 0 Å². The van der Waals surface area contributed by atoms with E-state index in [1.165, 1.54) is 0 Å². The van der Waals surface area contributed by atoms with Crippen LogP contribution in [0, 0.1) is 12.3 Å². The molecule has 84 valence electrons. The minimum Gasteiger partial charge on any atom is -0.372 e. The number of nitrogens with one attached hydrogen (secondary N) is 1. The minimum atomic E-state index is 0.0631. The number of hydrogen-bond donors (Lipinski definition) is 1. The summed E-state index contributed by atoms with van der Waals surface area (Å²) in [5.41, 5.74) is 1.68. The van der Waals surface area contributed by atoms with E-state index in [0.29, 0.717) is 0 Å². The molecule has 1 aromatic rings. The molecule has 1 atom stereocenters. The van der Waals surface area contributed by atoms with Crippen molar-refractivity contribution in [3.63, 3.8) is 0 Å². The van der Waals surface area contributed by atoms with E-state index in [1.54, 1.807) is 6.92 Å². The fourth-order valence-electron chi connectivity index (χ4n) is 1.49. The Bertz CT molecular complexity index is 386. The minimum absolute atomic E-state index is 0.0631. The molecular weight excluding hydrogens is 198 g/mol. The van der Waals surface area contributed by atoms with Gasteiger partial charge in [0.25, 0.3) is 0 Å². The monoisotopic (exact) mass is 215 g/mol. The number of carbonyl (C=O) groups excluding carboxylic acids is 1. The van der Waals surface area contributed by atoms with Crippen molar-refractivity contribution in [2.24, 2.45) is 0 Å². The number of benzene rings is 1. The molecular formula is C14H17NO. The predicted molar refractivity (Wildman–Crippen MR) is 67.6 cm³/mol. The summed E-state index contributed by atoms with van der Waals surface area (Å²) in [6, 6.07) is 7.45. The lowest BCUT2D eigenvalue weighted by molar-refractivity contribution is 0.101. The van der Waals surface area contributed by atoms with Crippen molar-refractivity contribution in [1.29, 1.82) is 0 Å². The number of hydrogen-bond acceptors (Lipinski definition) is 2. The fourth-order valence-corrected chi connectivity index (χ4v) is 1.49. The van der Waals surface area contributed by atoms with Crippen LogP contribution in [0.3, 0.4) is 0 Å². The van der Waals surface area contributed by atoms with E-state index in [2.05, 4.69) is 18.2 Å². The highest BCUT2D eigenvalue weighted by molar-refractivity contribution is 5.94. The number of ketones is 1. The molecule has 0 saturated heterocycles. The van der Waals surface area contributed by atoms with Crippen LogP contribution in [0.1, 0.15) is 37.0 Å². The summed E-state index contributed by atoms with van der Waals surface area (Å²) in [6.45, 7) is 3.66. The van der Waals surface area contributed by atoms with Crippen molar-refractivity contribution in [3.8, 4) is 12.3 Å². The van der Waals surface area contributed by atoms with Gasteiger partial charge in [0.05, 0.1) is 6.04 Å². The van der Waals surface area contributed by atoms with E-state index in [-0.39, 0.29) is 11.8 Å². The van der Waals surface area contributed by atoms with E-state index < -0.39 is 0 Å². The summed E-state index contributed by atoms with van der Waals surface area (Å²) in [5.74, 6) is 2.79. The molecule has 0 aliphatic heterocycles. The van der Waals surface area contributed by atoms with Gasteiger partial charge in [0, 0.05) is 11.3 Å². The van der Waals surface area contributed by atoms with Gasteiger partial charge in [-0.25, -0.2) is 0 Å². The van der Waals surface area contributed by atoms with Gasteiger partial charge in [0.1, 0.15) is 0 Å². The SMILES string of the molecule is C#CC(CCC)Nc1ccc(C(C)=O)cc1. The van der Waals surface area contributed by atoms with Crippen LogP contribution in [-0.4, -0.2) is 11.8 Å². The Balaban J connectivity index is 2.68. The lowest BCUT2D eigenvalue weighted by atomic mass is 10.1. The van der Waals surface area contributed by atoms with E-state index in [4.69, 9.17) is 6.42 Å². The standard InChI is InChI=1S/C14H17NO/c1-4-6-13(5-2)15-14-9-7-12(8-10-14)11(3)16/h2,7-10,13,15H,4,6H2,1,3H3. The van der Waals surface area contributed by atoms with Crippen molar-refractivity contribution >= 4 is 11.5 Å². The average molecular weight is 215 g/mol. The number of rotatable bonds is 5. The molecule has 0 aromatic heterocycles. The molecule has 2 heteroatoms. The number of anilines is 1. The number of carbonyl (C=O) groups is 1. The second kappa shape index (κ2) is 5.97. The topological polar surface area (TPSA) is 29.1 Å². The van der Waals surface area contributed by atoms with Gasteiger partial charge in [-0.3, -0.25) is 4.79 Å². The molecule has 0 spiro atoms. The van der Waals surface area contributed by atoms with Gasteiger partial charge in [-0.1, -0.05) is 19.3 Å². The molecule has 1 rings (SSSR count). The highest BCUT2D eigenvalue weighted by atomic mass is 16.1. The van der Waals surface area contributed by atoms with Crippen LogP contribution in [0.2, 0.25) is 0 Å². The second-order valence-electron chi connectivity index (χ2n) is 3.79. The molecule has 0 heterocycles. The van der Waals surface area contributed by atoms with Gasteiger partial charge in [0.2, 0.25) is 0 Å². The Morgan fingerprint density at radius 2 is 2.06 bits per heavy atom. The average Bonchev–Trinajstić information content (AvgIpc) is 2.29. The van der Waals surface area contributed by atoms with Crippen LogP contribution in [0.4, 0.5) is 5.69 Å². The maximum absolute atomic E-state index is 11.1. The first-order valence-electron chi connectivity index (χ1n) is 5.51. The summed E-state index contributed by atoms with van der Waals surface area (Å²) < 4.78 is 0. The molecule has 16 heavy (non-hydrogen) atoms. The molecule has 2 nitrogen and oxygen atoms in total. The highest BCUT2D eigenvalue weighted by Gasteiger charge is 2.04. The van der Waals surface area contributed by atoms with Crippen LogP contribution in [0.15, 0.2) is 24.3 Å². The summed E-state index contributed by atoms with van der Waals surface area (Å²) in [5, 5.41) is 3.25. The van der Waals surface area contributed by atoms with E-state index in [1.807, 2.05) is 24.3 Å². The maximum atomic E-state index is 11.1. The van der Waals surface area contributed by atoms with Crippen LogP contribution in [0.25, 0.3) is 0 Å². The Hall–Kier alpha value is -1.75. The molecule has 1 aromatic carbocycles. The Kier molecular flexibility index (Phi) is 4.60. The quantitative estimate of drug-likeness (QED) is 0.604. The molecule has 0 aliphatic carbocycles. The van der Waals surface area contributed by atoms with Crippen molar-refractivity contribution in [1.82, 2.24) is 0 Å². The van der Waals surface area contributed by atoms with Crippen LogP contribution in [-0.2, 0) is 0 Å². The first-order valence-corrected chi connectivity index (χ1v) is 5.51. The third-order valence-electron chi connectivity index (χ3n) is 2.41. The molecule has 1 N–H and O–H groups in total. The van der Waals surface area contributed by atoms with Gasteiger partial charge in [-0.05, 0) is 37.6 Å². The van der Waals surface area contributed by atoms with Crippen molar-refractivity contribution in [2.75, 3.05) is 5.32 Å². The van der Waals surface area contributed by atoms with Crippen LogP contribution >= 0.6 is 0 Å². The molecule has 0 aliphatic rings. The zero-order valence-corrected chi connectivity index (χ0v) is 9.79. The highest BCUT2D eigenvalue weighted by Crippen LogP contribution is 2.12. The van der Waals surface area contributed by atoms with E-state index in [0.717, 1.165) is 24.1 Å². The lowest BCUT2D eigenvalue weighted by Gasteiger charge is -2.13. The Morgan fingerprint density at radius 3 is 2.50 bits per heavy atom. The summed E-state index contributed by atoms with van der Waals surface area (Å²) >= 11 is 0. The zero-order valence-electron chi connectivity index (χ0n) is 9.79. The van der Waals surface area contributed by atoms with Gasteiger partial charge >= 0.3 is 0 Å². The fraction of sp³-hybridized carbons (Fsp3) is 0.357. The smallest absolute Gasteiger partial charge is 0.159 e. The third-order valence-corrected chi connectivity index (χ3v) is 2.41. The molecule has 0 bridgehead atoms. The largest absolute Gasteiger partial charge is 0.372 e. The van der Waals surface area contributed by atoms with Gasteiger partial charge < -0.3 is 5.32 Å². The first-order chi connectivity index (χ1) is 7.67. The summed E-state index contributed by atoms with van der Waals surface area (Å²) in [6.07, 6.45) is 7.42. The van der Waals surface area contributed by atoms with Crippen molar-refractivity contribution in [2.45, 2.75) is 32.7 Å². The lowest BCUT2D eigenvalue weighted by Crippen LogP contribution is -2.16. The van der Waals surface area contributed by atoms with Gasteiger partial charge in [-0.15, -0.1) is 6.42 Å². The Morgan fingerprint density at radius 1 is 1.44 bits per heavy atom. The molecule has 0 fully saturated rings. The molecule has 0 saturated carbocycles. The molecule has 0 radical (unpaired) electrons. The molecule has 1 unspecified atom stereocenters. The van der Waals surface area contributed by atoms with Gasteiger partial charge in [0.15, 0.2) is 5.78 Å². The van der Waals surface area contributed by atoms with Gasteiger partial charge in [-0.2, -0.15) is 0 Å². The maximum Gasteiger partial charge on any atom is 0.159 e. The summed E-state index contributed by atoms with van der Waals surface area (Å²) in [4.78, 5) is 11.1. The van der Waals surface area contributed by atoms with Crippen molar-refractivity contribution in [3.05, 3.63) is 29.8 Å². The first kappa shape index (κ1) is 12.3. The normalized spacial score (nSPS) is 11.6. The van der Waals surface area contributed by atoms with Crippen LogP contribution < -0.4 is 5.32 Å². The summed E-state index contributed by atoms with van der Waals surface area (Å²) in [7, 11) is 0.